The Labute approximate surface area is 189 Å². The predicted molar refractivity (Wildman–Crippen MR) is 148 cm³/mol. The van der Waals surface area contributed by atoms with Crippen LogP contribution in [0.3, 0.4) is 0 Å². The fourth-order valence-corrected chi connectivity index (χ4v) is 2.27. The standard InChI is InChI=1S/C15H18.C7H14O.C4H10S.C2H6/c1-5-14(9-6-12(2)3)15-10-7-13(4)8-11-15;1-6-3-4-8-5-7(6)2;1-5(2,3)4;1-2/h5-11H,1H2,2-4H3;6-7H,3-5H2,1-2H3;1-2H2,3-4H3;1-2H3/b14-9+;;;/t;6?,7-;;/m.0../s1. The average Bonchev–Trinajstić information content (AvgIpc) is 2.67. The van der Waals surface area contributed by atoms with Crippen LogP contribution in [0.15, 0.2) is 54.6 Å². The highest BCUT2D eigenvalue weighted by molar-refractivity contribution is 8.26. The Hall–Kier alpha value is -1.51. The molecule has 1 unspecified atom stereocenters. The molecule has 2 atom stereocenters. The molecule has 1 aliphatic heterocycles. The van der Waals surface area contributed by atoms with Gasteiger partial charge in [0.15, 0.2) is 0 Å². The van der Waals surface area contributed by atoms with E-state index in [1.807, 2.05) is 32.4 Å². The zero-order valence-corrected chi connectivity index (χ0v) is 22.1. The second-order valence-electron chi connectivity index (χ2n) is 8.52. The molecule has 0 saturated carbocycles. The zero-order chi connectivity index (χ0) is 23.7. The molecule has 172 valence electrons. The third-order valence-electron chi connectivity index (χ3n) is 4.27. The maximum absolute atomic E-state index is 5.25. The number of hydrogen-bond donors (Lipinski definition) is 0. The molecular weight excluding hydrogens is 384 g/mol. The fourth-order valence-electron chi connectivity index (χ4n) is 2.27. The molecule has 0 aromatic heterocycles. The molecule has 0 bridgehead atoms. The van der Waals surface area contributed by atoms with Crippen LogP contribution < -0.4 is 0 Å². The van der Waals surface area contributed by atoms with E-state index in [9.17, 15) is 0 Å². The van der Waals surface area contributed by atoms with Gasteiger partial charge in [-0.2, -0.15) is 0 Å². The largest absolute Gasteiger partial charge is 0.381 e. The van der Waals surface area contributed by atoms with Gasteiger partial charge in [0.05, 0.1) is 0 Å². The van der Waals surface area contributed by atoms with Crippen molar-refractivity contribution < 1.29 is 4.74 Å². The number of aryl methyl sites for hydroxylation is 1. The highest BCUT2D eigenvalue weighted by Crippen LogP contribution is 2.19. The van der Waals surface area contributed by atoms with E-state index in [2.05, 4.69) is 89.4 Å². The number of hydrogen-bond acceptors (Lipinski definition) is 1. The van der Waals surface area contributed by atoms with Crippen molar-refractivity contribution in [3.63, 3.8) is 0 Å². The van der Waals surface area contributed by atoms with Crippen molar-refractivity contribution in [2.24, 2.45) is 11.8 Å². The van der Waals surface area contributed by atoms with Crippen LogP contribution >= 0.6 is 9.21 Å². The summed E-state index contributed by atoms with van der Waals surface area (Å²) in [5.41, 5.74) is 4.95. The maximum atomic E-state index is 5.25. The number of ether oxygens (including phenoxy) is 1. The van der Waals surface area contributed by atoms with Crippen LogP contribution in [0.5, 0.6) is 0 Å². The van der Waals surface area contributed by atoms with E-state index in [-0.39, 0.29) is 0 Å². The van der Waals surface area contributed by atoms with E-state index in [1.54, 1.807) is 0 Å². The Morgan fingerprint density at radius 3 is 1.83 bits per heavy atom. The molecule has 0 amide bonds. The Balaban J connectivity index is 0. The first-order valence-corrected chi connectivity index (χ1v) is 13.7. The topological polar surface area (TPSA) is 9.23 Å². The van der Waals surface area contributed by atoms with Crippen molar-refractivity contribution in [1.29, 1.82) is 0 Å². The lowest BCUT2D eigenvalue weighted by Gasteiger charge is -2.24. The average molecular weight is 433 g/mol. The lowest BCUT2D eigenvalue weighted by molar-refractivity contribution is 0.0303. The molecule has 2 heteroatoms. The van der Waals surface area contributed by atoms with Gasteiger partial charge in [0.25, 0.3) is 0 Å². The van der Waals surface area contributed by atoms with E-state index in [0.717, 1.165) is 30.6 Å². The number of allylic oxidation sites excluding steroid dienone is 5. The smallest absolute Gasteiger partial charge is 0.0494 e. The zero-order valence-electron chi connectivity index (χ0n) is 21.3. The summed E-state index contributed by atoms with van der Waals surface area (Å²) in [4.78, 5) is 0. The van der Waals surface area contributed by atoms with Gasteiger partial charge in [-0.3, -0.25) is 0 Å². The molecular formula is C28H48OS. The van der Waals surface area contributed by atoms with Gasteiger partial charge in [-0.1, -0.05) is 99.6 Å². The molecule has 1 aliphatic rings. The third kappa shape index (κ3) is 18.5. The summed E-state index contributed by atoms with van der Waals surface area (Å²) >= 11 is 0. The van der Waals surface area contributed by atoms with Gasteiger partial charge in [0, 0.05) is 13.2 Å². The molecule has 0 aliphatic carbocycles. The van der Waals surface area contributed by atoms with Crippen LogP contribution in [0.4, 0.5) is 0 Å². The van der Waals surface area contributed by atoms with E-state index in [1.165, 1.54) is 23.1 Å². The quantitative estimate of drug-likeness (QED) is 0.346. The first-order chi connectivity index (χ1) is 13.9. The molecule has 30 heavy (non-hydrogen) atoms. The minimum Gasteiger partial charge on any atom is -0.381 e. The Morgan fingerprint density at radius 2 is 1.50 bits per heavy atom. The van der Waals surface area contributed by atoms with Crippen LogP contribution in [-0.2, 0) is 4.74 Å². The second-order valence-corrected chi connectivity index (χ2v) is 12.1. The lowest BCUT2D eigenvalue weighted by atomic mass is 9.92. The van der Waals surface area contributed by atoms with Crippen molar-refractivity contribution in [1.82, 2.24) is 0 Å². The summed E-state index contributed by atoms with van der Waals surface area (Å²) in [5.74, 6) is 9.15. The molecule has 0 N–H and O–H groups in total. The van der Waals surface area contributed by atoms with E-state index in [0.29, 0.717) is 0 Å². The van der Waals surface area contributed by atoms with E-state index in [4.69, 9.17) is 4.74 Å². The minimum absolute atomic E-state index is 0.667. The minimum atomic E-state index is -0.667. The molecule has 0 spiro atoms. The summed E-state index contributed by atoms with van der Waals surface area (Å²) < 4.78 is 5.25. The van der Waals surface area contributed by atoms with Gasteiger partial charge in [-0.25, -0.2) is 9.21 Å². The molecule has 0 radical (unpaired) electrons. The van der Waals surface area contributed by atoms with Crippen molar-refractivity contribution in [3.05, 3.63) is 65.8 Å². The van der Waals surface area contributed by atoms with Gasteiger partial charge >= 0.3 is 0 Å². The monoisotopic (exact) mass is 432 g/mol. The van der Waals surface area contributed by atoms with E-state index >= 15 is 0 Å². The van der Waals surface area contributed by atoms with Crippen LogP contribution in [0, 0.1) is 18.8 Å². The van der Waals surface area contributed by atoms with Crippen LogP contribution in [0.1, 0.15) is 59.1 Å². The van der Waals surface area contributed by atoms with Crippen molar-refractivity contribution in [2.75, 3.05) is 25.7 Å². The molecule has 1 fully saturated rings. The third-order valence-corrected chi connectivity index (χ3v) is 4.27. The summed E-state index contributed by atoms with van der Waals surface area (Å²) in [6.45, 7) is 20.6. The summed E-state index contributed by atoms with van der Waals surface area (Å²) in [6, 6.07) is 8.49. The Bertz CT molecular complexity index is 711. The highest BCUT2D eigenvalue weighted by Gasteiger charge is 2.16. The Kier molecular flexibility index (Phi) is 17.6. The van der Waals surface area contributed by atoms with Crippen LogP contribution in [0.2, 0.25) is 0 Å². The highest BCUT2D eigenvalue weighted by atomic mass is 32.2. The summed E-state index contributed by atoms with van der Waals surface area (Å²) in [5, 5.41) is 0. The predicted octanol–water partition coefficient (Wildman–Crippen LogP) is 8.15. The van der Waals surface area contributed by atoms with Gasteiger partial charge < -0.3 is 4.74 Å². The van der Waals surface area contributed by atoms with E-state index < -0.39 is 9.21 Å². The second kappa shape index (κ2) is 17.2. The van der Waals surface area contributed by atoms with Crippen LogP contribution in [-0.4, -0.2) is 37.5 Å². The Morgan fingerprint density at radius 1 is 1.00 bits per heavy atom. The normalized spacial score (nSPS) is 18.2. The number of rotatable bonds is 3. The number of benzene rings is 1. The van der Waals surface area contributed by atoms with Crippen molar-refractivity contribution >= 4 is 26.5 Å². The van der Waals surface area contributed by atoms with Crippen molar-refractivity contribution in [2.45, 2.75) is 54.9 Å². The van der Waals surface area contributed by atoms with Gasteiger partial charge in [0.2, 0.25) is 0 Å². The lowest BCUT2D eigenvalue weighted by Crippen LogP contribution is -2.22. The van der Waals surface area contributed by atoms with Crippen molar-refractivity contribution in [3.8, 4) is 0 Å². The SMILES string of the molecule is C=C/C(=C\C=C(C)C)c1ccc(C)cc1.C=S(=C)(C)C.CC.CC1CCOC[C@@H]1C. The molecule has 1 heterocycles. The molecule has 2 rings (SSSR count). The summed E-state index contributed by atoms with van der Waals surface area (Å²) in [7, 11) is -0.667. The first kappa shape index (κ1) is 30.7. The first-order valence-electron chi connectivity index (χ1n) is 11.0. The van der Waals surface area contributed by atoms with Gasteiger partial charge in [0.1, 0.15) is 0 Å². The van der Waals surface area contributed by atoms with Gasteiger partial charge in [-0.05, 0) is 62.7 Å². The maximum Gasteiger partial charge on any atom is 0.0494 e. The molecule has 1 saturated heterocycles. The van der Waals surface area contributed by atoms with Gasteiger partial charge in [-0.15, -0.1) is 0 Å². The molecule has 1 nitrogen and oxygen atoms in total. The fraction of sp³-hybridized carbons (Fsp3) is 0.500. The summed E-state index contributed by atoms with van der Waals surface area (Å²) in [6.07, 6.45) is 11.5. The van der Waals surface area contributed by atoms with Crippen LogP contribution in [0.25, 0.3) is 5.57 Å². The molecule has 1 aromatic carbocycles. The molecule has 1 aromatic rings.